The molecule has 3 aliphatic rings. The third-order valence-corrected chi connectivity index (χ3v) is 6.12. The first kappa shape index (κ1) is 9.14. The van der Waals surface area contributed by atoms with Crippen molar-refractivity contribution in [3.05, 3.63) is 12.8 Å². The predicted octanol–water partition coefficient (Wildman–Crippen LogP) is 3.07. The molecule has 0 aromatic carbocycles. The molecule has 2 heterocycles. The summed E-state index contributed by atoms with van der Waals surface area (Å²) >= 11 is 2.29. The van der Waals surface area contributed by atoms with Crippen molar-refractivity contribution in [1.29, 1.82) is 0 Å². The topological polar surface area (TPSA) is 9.23 Å². The van der Waals surface area contributed by atoms with Gasteiger partial charge in [-0.25, -0.2) is 0 Å². The van der Waals surface area contributed by atoms with Crippen LogP contribution in [0.5, 0.6) is 0 Å². The molecule has 78 valence electrons. The van der Waals surface area contributed by atoms with Gasteiger partial charge in [0.2, 0.25) is 0 Å². The number of fused-ring (bicyclic) bond motifs is 5. The molecule has 0 aromatic heterocycles. The van der Waals surface area contributed by atoms with Crippen LogP contribution in [-0.2, 0) is 4.74 Å². The molecule has 1 saturated carbocycles. The minimum absolute atomic E-state index is 0.826. The van der Waals surface area contributed by atoms with Gasteiger partial charge in [0.15, 0.2) is 0 Å². The fraction of sp³-hybridized carbons (Fsp3) is 0.833. The molecule has 0 radical (unpaired) electrons. The molecule has 2 heteroatoms. The first-order valence-corrected chi connectivity index (χ1v) is 6.70. The zero-order valence-corrected chi connectivity index (χ0v) is 9.34. The number of hydrogen-bond donors (Lipinski definition) is 0. The van der Waals surface area contributed by atoms with E-state index in [-0.39, 0.29) is 0 Å². The fourth-order valence-electron chi connectivity index (χ4n) is 3.73. The maximum absolute atomic E-state index is 5.33. The van der Waals surface area contributed by atoms with Crippen LogP contribution in [-0.4, -0.2) is 17.1 Å². The molecule has 14 heavy (non-hydrogen) atoms. The lowest BCUT2D eigenvalue weighted by molar-refractivity contribution is 0.194. The van der Waals surface area contributed by atoms with Gasteiger partial charge < -0.3 is 4.74 Å². The molecule has 4 atom stereocenters. The highest BCUT2D eigenvalue weighted by atomic mass is 32.2. The third kappa shape index (κ3) is 1.30. The lowest BCUT2D eigenvalue weighted by Crippen LogP contribution is -2.21. The molecule has 1 nitrogen and oxygen atoms in total. The number of thioether (sulfide) groups is 1. The summed E-state index contributed by atoms with van der Waals surface area (Å²) in [7, 11) is 0. The summed E-state index contributed by atoms with van der Waals surface area (Å²) in [6.45, 7) is 4.53. The van der Waals surface area contributed by atoms with E-state index in [2.05, 4.69) is 18.3 Å². The van der Waals surface area contributed by atoms with Crippen molar-refractivity contribution in [2.75, 3.05) is 6.61 Å². The third-order valence-electron chi connectivity index (χ3n) is 4.25. The summed E-state index contributed by atoms with van der Waals surface area (Å²) in [5.74, 6) is 2.90. The van der Waals surface area contributed by atoms with E-state index < -0.39 is 0 Å². The summed E-state index contributed by atoms with van der Waals surface area (Å²) in [5, 5.41) is 2.03. The fourth-order valence-corrected chi connectivity index (χ4v) is 5.75. The van der Waals surface area contributed by atoms with E-state index in [4.69, 9.17) is 4.74 Å². The van der Waals surface area contributed by atoms with Crippen LogP contribution in [0.25, 0.3) is 0 Å². The van der Waals surface area contributed by atoms with Crippen LogP contribution in [0.15, 0.2) is 12.8 Å². The highest BCUT2D eigenvalue weighted by Crippen LogP contribution is 2.60. The smallest absolute Gasteiger partial charge is 0.0901 e. The van der Waals surface area contributed by atoms with Gasteiger partial charge in [-0.15, -0.1) is 0 Å². The summed E-state index contributed by atoms with van der Waals surface area (Å²) in [4.78, 5) is 0. The van der Waals surface area contributed by atoms with Gasteiger partial charge in [0.05, 0.1) is 12.9 Å². The van der Waals surface area contributed by atoms with Gasteiger partial charge in [-0.3, -0.25) is 0 Å². The minimum Gasteiger partial charge on any atom is -0.502 e. The second kappa shape index (κ2) is 3.48. The highest BCUT2D eigenvalue weighted by molar-refractivity contribution is 8.01. The van der Waals surface area contributed by atoms with Gasteiger partial charge in [-0.1, -0.05) is 6.58 Å². The Morgan fingerprint density at radius 3 is 2.43 bits per heavy atom. The van der Waals surface area contributed by atoms with E-state index in [9.17, 15) is 0 Å². The zero-order chi connectivity index (χ0) is 9.54. The number of hydrogen-bond acceptors (Lipinski definition) is 2. The van der Waals surface area contributed by atoms with E-state index in [0.717, 1.165) is 34.9 Å². The van der Waals surface area contributed by atoms with Crippen LogP contribution in [0, 0.1) is 17.8 Å². The quantitative estimate of drug-likeness (QED) is 0.662. The van der Waals surface area contributed by atoms with Gasteiger partial charge >= 0.3 is 0 Å². The monoisotopic (exact) mass is 210 g/mol. The molecular weight excluding hydrogens is 192 g/mol. The van der Waals surface area contributed by atoms with Crippen molar-refractivity contribution >= 4 is 11.8 Å². The van der Waals surface area contributed by atoms with Gasteiger partial charge in [0, 0.05) is 10.5 Å². The van der Waals surface area contributed by atoms with Gasteiger partial charge in [0.25, 0.3) is 0 Å². The van der Waals surface area contributed by atoms with Crippen LogP contribution in [0.1, 0.15) is 25.7 Å². The lowest BCUT2D eigenvalue weighted by Gasteiger charge is -2.21. The van der Waals surface area contributed by atoms with E-state index >= 15 is 0 Å². The van der Waals surface area contributed by atoms with E-state index in [1.54, 1.807) is 6.26 Å². The summed E-state index contributed by atoms with van der Waals surface area (Å²) in [6, 6.07) is 0. The van der Waals surface area contributed by atoms with Crippen molar-refractivity contribution in [3.8, 4) is 0 Å². The van der Waals surface area contributed by atoms with E-state index in [0.29, 0.717) is 0 Å². The molecule has 0 N–H and O–H groups in total. The van der Waals surface area contributed by atoms with E-state index in [1.165, 1.54) is 25.7 Å². The molecule has 2 aliphatic heterocycles. The van der Waals surface area contributed by atoms with Crippen LogP contribution in [0.3, 0.4) is 0 Å². The largest absolute Gasteiger partial charge is 0.502 e. The Morgan fingerprint density at radius 2 is 1.86 bits per heavy atom. The van der Waals surface area contributed by atoms with Crippen molar-refractivity contribution in [3.63, 3.8) is 0 Å². The van der Waals surface area contributed by atoms with Crippen LogP contribution in [0.4, 0.5) is 0 Å². The van der Waals surface area contributed by atoms with Crippen molar-refractivity contribution in [2.24, 2.45) is 17.8 Å². The molecule has 3 fully saturated rings. The second-order valence-electron chi connectivity index (χ2n) is 4.96. The van der Waals surface area contributed by atoms with Crippen LogP contribution < -0.4 is 0 Å². The predicted molar refractivity (Wildman–Crippen MR) is 60.3 cm³/mol. The molecule has 4 unspecified atom stereocenters. The molecule has 0 aromatic rings. The molecule has 0 amide bonds. The maximum atomic E-state index is 5.33. The van der Waals surface area contributed by atoms with Gasteiger partial charge in [-0.2, -0.15) is 11.8 Å². The first-order valence-electron chi connectivity index (χ1n) is 5.76. The highest BCUT2D eigenvalue weighted by Gasteiger charge is 2.52. The van der Waals surface area contributed by atoms with E-state index in [1.807, 2.05) is 0 Å². The van der Waals surface area contributed by atoms with Crippen LogP contribution in [0.2, 0.25) is 0 Å². The normalized spacial score (nSPS) is 49.3. The van der Waals surface area contributed by atoms with Crippen LogP contribution >= 0.6 is 11.8 Å². The van der Waals surface area contributed by atoms with Gasteiger partial charge in [-0.05, 0) is 43.4 Å². The Bertz CT molecular complexity index is 222. The minimum atomic E-state index is 0.826. The lowest BCUT2D eigenvalue weighted by atomic mass is 9.82. The van der Waals surface area contributed by atoms with Crippen molar-refractivity contribution in [1.82, 2.24) is 0 Å². The second-order valence-corrected chi connectivity index (χ2v) is 6.44. The summed E-state index contributed by atoms with van der Waals surface area (Å²) in [5.41, 5.74) is 0. The molecular formula is C12H18OS. The maximum Gasteiger partial charge on any atom is 0.0901 e. The number of rotatable bonds is 3. The summed E-state index contributed by atoms with van der Waals surface area (Å²) in [6.07, 6.45) is 7.42. The molecule has 3 rings (SSSR count). The molecule has 2 saturated heterocycles. The molecule has 0 spiro atoms. The standard InChI is InChI=1S/C12H18OS/c1-2-13-7-8-5-9-10(6-8)12-4-3-11(9)14-12/h2,8-12H,1,3-7H2. The Kier molecular flexibility index (Phi) is 2.27. The Labute approximate surface area is 90.3 Å². The Hall–Kier alpha value is -0.110. The Morgan fingerprint density at radius 1 is 1.21 bits per heavy atom. The average molecular weight is 210 g/mol. The molecule has 1 aliphatic carbocycles. The van der Waals surface area contributed by atoms with Gasteiger partial charge in [0.1, 0.15) is 0 Å². The molecule has 2 bridgehead atoms. The SMILES string of the molecule is C=COCC1CC2C3CCC(S3)C2C1. The average Bonchev–Trinajstić information content (AvgIpc) is 2.85. The number of ether oxygens (including phenoxy) is 1. The van der Waals surface area contributed by atoms with Crippen molar-refractivity contribution in [2.45, 2.75) is 36.2 Å². The Balaban J connectivity index is 1.62. The van der Waals surface area contributed by atoms with Crippen molar-refractivity contribution < 1.29 is 4.74 Å². The zero-order valence-electron chi connectivity index (χ0n) is 8.52. The first-order chi connectivity index (χ1) is 6.88. The summed E-state index contributed by atoms with van der Waals surface area (Å²) < 4.78 is 5.33.